The Hall–Kier alpha value is -2.66. The Balaban J connectivity index is 2.36. The van der Waals surface area contributed by atoms with Crippen LogP contribution in [0.5, 0.6) is 0 Å². The fraction of sp³-hybridized carbons (Fsp3) is 0.0667. The van der Waals surface area contributed by atoms with Crippen LogP contribution < -0.4 is 10.4 Å². The van der Waals surface area contributed by atoms with E-state index in [-0.39, 0.29) is 6.42 Å². The number of amides is 2. The lowest BCUT2D eigenvalue weighted by Crippen LogP contribution is -2.34. The predicted molar refractivity (Wildman–Crippen MR) is 74.7 cm³/mol. The van der Waals surface area contributed by atoms with Crippen molar-refractivity contribution in [3.63, 3.8) is 0 Å². The van der Waals surface area contributed by atoms with Gasteiger partial charge in [0, 0.05) is 6.42 Å². The van der Waals surface area contributed by atoms with Crippen LogP contribution in [0.3, 0.4) is 0 Å². The SMILES string of the molecule is O=[C]Cc1ccc(N(C(=O)NO)c2ccccc2)cc1. The number of hydrogen-bond acceptors (Lipinski definition) is 3. The zero-order chi connectivity index (χ0) is 14.4. The number of carbonyl (C=O) groups excluding carboxylic acids is 2. The van der Waals surface area contributed by atoms with E-state index in [2.05, 4.69) is 0 Å². The first-order valence-corrected chi connectivity index (χ1v) is 5.99. The smallest absolute Gasteiger partial charge is 0.291 e. The largest absolute Gasteiger partial charge is 0.350 e. The van der Waals surface area contributed by atoms with Gasteiger partial charge in [-0.1, -0.05) is 30.3 Å². The van der Waals surface area contributed by atoms with Gasteiger partial charge in [0.25, 0.3) is 0 Å². The lowest BCUT2D eigenvalue weighted by molar-refractivity contribution is 0.168. The highest BCUT2D eigenvalue weighted by molar-refractivity contribution is 5.98. The maximum atomic E-state index is 11.8. The van der Waals surface area contributed by atoms with Gasteiger partial charge in [0.2, 0.25) is 6.29 Å². The molecule has 0 spiro atoms. The maximum absolute atomic E-state index is 11.8. The van der Waals surface area contributed by atoms with Crippen LogP contribution in [0.25, 0.3) is 0 Å². The summed E-state index contributed by atoms with van der Waals surface area (Å²) in [7, 11) is 0. The molecular formula is C15H13N2O3. The van der Waals surface area contributed by atoms with Gasteiger partial charge in [-0.15, -0.1) is 0 Å². The van der Waals surface area contributed by atoms with Gasteiger partial charge in [-0.25, -0.2) is 10.3 Å². The number of hydroxylamine groups is 1. The summed E-state index contributed by atoms with van der Waals surface area (Å²) < 4.78 is 0. The summed E-state index contributed by atoms with van der Waals surface area (Å²) in [5.74, 6) is 0. The molecule has 0 aliphatic carbocycles. The summed E-state index contributed by atoms with van der Waals surface area (Å²) >= 11 is 0. The van der Waals surface area contributed by atoms with Gasteiger partial charge in [-0.05, 0) is 29.8 Å². The van der Waals surface area contributed by atoms with Crippen molar-refractivity contribution in [2.75, 3.05) is 4.90 Å². The summed E-state index contributed by atoms with van der Waals surface area (Å²) in [6.07, 6.45) is 2.02. The lowest BCUT2D eigenvalue weighted by atomic mass is 10.1. The van der Waals surface area contributed by atoms with Crippen molar-refractivity contribution in [3.8, 4) is 0 Å². The van der Waals surface area contributed by atoms with Crippen LogP contribution >= 0.6 is 0 Å². The first kappa shape index (κ1) is 13.8. The molecule has 0 fully saturated rings. The van der Waals surface area contributed by atoms with Gasteiger partial charge < -0.3 is 0 Å². The van der Waals surface area contributed by atoms with Crippen LogP contribution in [0.15, 0.2) is 54.6 Å². The summed E-state index contributed by atoms with van der Waals surface area (Å²) in [6.45, 7) is 0. The second-order valence-corrected chi connectivity index (χ2v) is 4.08. The molecule has 2 amide bonds. The molecule has 0 aliphatic heterocycles. The molecule has 0 aliphatic rings. The van der Waals surface area contributed by atoms with E-state index in [1.54, 1.807) is 54.0 Å². The molecule has 5 nitrogen and oxygen atoms in total. The molecular weight excluding hydrogens is 256 g/mol. The third-order valence-corrected chi connectivity index (χ3v) is 2.78. The minimum atomic E-state index is -0.661. The van der Waals surface area contributed by atoms with E-state index < -0.39 is 6.03 Å². The van der Waals surface area contributed by atoms with E-state index in [1.807, 2.05) is 12.4 Å². The highest BCUT2D eigenvalue weighted by Gasteiger charge is 2.16. The molecule has 2 aromatic rings. The van der Waals surface area contributed by atoms with Crippen molar-refractivity contribution < 1.29 is 14.8 Å². The Morgan fingerprint density at radius 2 is 1.65 bits per heavy atom. The topological polar surface area (TPSA) is 69.6 Å². The van der Waals surface area contributed by atoms with E-state index in [9.17, 15) is 9.59 Å². The van der Waals surface area contributed by atoms with Crippen molar-refractivity contribution in [2.24, 2.45) is 0 Å². The molecule has 0 heterocycles. The van der Waals surface area contributed by atoms with Crippen molar-refractivity contribution in [3.05, 3.63) is 60.2 Å². The van der Waals surface area contributed by atoms with Crippen molar-refractivity contribution in [1.29, 1.82) is 0 Å². The molecule has 0 atom stereocenters. The minimum absolute atomic E-state index is 0.206. The van der Waals surface area contributed by atoms with Crippen LogP contribution in [0, 0.1) is 0 Å². The highest BCUT2D eigenvalue weighted by Crippen LogP contribution is 2.25. The second-order valence-electron chi connectivity index (χ2n) is 4.08. The van der Waals surface area contributed by atoms with Crippen molar-refractivity contribution >= 4 is 23.7 Å². The first-order valence-electron chi connectivity index (χ1n) is 5.99. The third-order valence-electron chi connectivity index (χ3n) is 2.78. The fourth-order valence-corrected chi connectivity index (χ4v) is 1.86. The van der Waals surface area contributed by atoms with Gasteiger partial charge in [0.05, 0.1) is 11.4 Å². The van der Waals surface area contributed by atoms with Crippen molar-refractivity contribution in [2.45, 2.75) is 6.42 Å². The number of nitrogens with zero attached hydrogens (tertiary/aromatic N) is 1. The van der Waals surface area contributed by atoms with E-state index in [4.69, 9.17) is 5.21 Å². The van der Waals surface area contributed by atoms with Gasteiger partial charge in [0.15, 0.2) is 0 Å². The number of benzene rings is 2. The van der Waals surface area contributed by atoms with Gasteiger partial charge >= 0.3 is 6.03 Å². The van der Waals surface area contributed by atoms with E-state index in [0.29, 0.717) is 11.4 Å². The number of rotatable bonds is 4. The van der Waals surface area contributed by atoms with Gasteiger partial charge in [-0.3, -0.25) is 14.9 Å². The second kappa shape index (κ2) is 6.49. The summed E-state index contributed by atoms with van der Waals surface area (Å²) in [5, 5.41) is 8.87. The number of anilines is 2. The Labute approximate surface area is 116 Å². The average molecular weight is 269 g/mol. The number of carbonyl (C=O) groups is 1. The zero-order valence-electron chi connectivity index (χ0n) is 10.6. The summed E-state index contributed by atoms with van der Waals surface area (Å²) in [6, 6.07) is 15.1. The van der Waals surface area contributed by atoms with Crippen LogP contribution in [-0.4, -0.2) is 17.5 Å². The highest BCUT2D eigenvalue weighted by atomic mass is 16.5. The minimum Gasteiger partial charge on any atom is -0.291 e. The van der Waals surface area contributed by atoms with Crippen LogP contribution in [0.4, 0.5) is 16.2 Å². The molecule has 0 bridgehead atoms. The summed E-state index contributed by atoms with van der Waals surface area (Å²) in [4.78, 5) is 23.5. The number of para-hydroxylation sites is 1. The van der Waals surface area contributed by atoms with Crippen LogP contribution in [0.1, 0.15) is 5.56 Å². The summed E-state index contributed by atoms with van der Waals surface area (Å²) in [5.41, 5.74) is 3.63. The van der Waals surface area contributed by atoms with E-state index in [1.165, 1.54) is 4.90 Å². The average Bonchev–Trinajstić information content (AvgIpc) is 2.50. The maximum Gasteiger partial charge on any atom is 0.350 e. The van der Waals surface area contributed by atoms with Crippen molar-refractivity contribution in [1.82, 2.24) is 5.48 Å². The molecule has 0 saturated heterocycles. The molecule has 0 saturated carbocycles. The quantitative estimate of drug-likeness (QED) is 0.662. The van der Waals surface area contributed by atoms with Crippen LogP contribution in [-0.2, 0) is 11.2 Å². The number of hydrogen-bond donors (Lipinski definition) is 2. The van der Waals surface area contributed by atoms with Gasteiger partial charge in [0.1, 0.15) is 0 Å². The normalized spacial score (nSPS) is 9.85. The molecule has 20 heavy (non-hydrogen) atoms. The number of nitrogens with one attached hydrogen (secondary N) is 1. The molecule has 0 aromatic heterocycles. The number of urea groups is 1. The monoisotopic (exact) mass is 269 g/mol. The Morgan fingerprint density at radius 1 is 1.05 bits per heavy atom. The zero-order valence-corrected chi connectivity index (χ0v) is 10.6. The first-order chi connectivity index (χ1) is 9.76. The Morgan fingerprint density at radius 3 is 2.20 bits per heavy atom. The molecule has 0 unspecified atom stereocenters. The predicted octanol–water partition coefficient (Wildman–Crippen LogP) is 2.58. The molecule has 2 rings (SSSR count). The molecule has 5 heteroatoms. The van der Waals surface area contributed by atoms with Crippen LogP contribution in [0.2, 0.25) is 0 Å². The van der Waals surface area contributed by atoms with E-state index >= 15 is 0 Å². The van der Waals surface area contributed by atoms with E-state index in [0.717, 1.165) is 5.56 Å². The molecule has 2 aromatic carbocycles. The standard InChI is InChI=1S/C15H13N2O3/c18-11-10-12-6-8-14(9-7-12)17(15(19)16-20)13-4-2-1-3-5-13/h1-9,20H,10H2,(H,16,19). The lowest BCUT2D eigenvalue weighted by Gasteiger charge is -2.22. The third kappa shape index (κ3) is 3.02. The molecule has 101 valence electrons. The fourth-order valence-electron chi connectivity index (χ4n) is 1.86. The van der Waals surface area contributed by atoms with Gasteiger partial charge in [-0.2, -0.15) is 0 Å². The Kier molecular flexibility index (Phi) is 4.47. The molecule has 1 radical (unpaired) electrons. The molecule has 2 N–H and O–H groups in total. The Bertz CT molecular complexity index is 582.